The number of pyridine rings is 1. The van der Waals surface area contributed by atoms with Gasteiger partial charge in [0, 0.05) is 41.3 Å². The maximum atomic E-state index is 6.02. The van der Waals surface area contributed by atoms with Crippen molar-refractivity contribution in [3.63, 3.8) is 0 Å². The summed E-state index contributed by atoms with van der Waals surface area (Å²) in [6.45, 7) is 6.79. The molecule has 1 aliphatic rings. The van der Waals surface area contributed by atoms with Crippen LogP contribution < -0.4 is 10.1 Å². The van der Waals surface area contributed by atoms with Gasteiger partial charge in [-0.25, -0.2) is 0 Å². The molecule has 1 atom stereocenters. The maximum Gasteiger partial charge on any atom is 0.124 e. The summed E-state index contributed by atoms with van der Waals surface area (Å²) in [6, 6.07) is 17.0. The number of fused-ring (bicyclic) bond motifs is 1. The van der Waals surface area contributed by atoms with Crippen LogP contribution in [-0.2, 0) is 0 Å². The van der Waals surface area contributed by atoms with Crippen LogP contribution in [0.3, 0.4) is 0 Å². The zero-order valence-corrected chi connectivity index (χ0v) is 17.8. The summed E-state index contributed by atoms with van der Waals surface area (Å²) < 4.78 is 7.09. The Bertz CT molecular complexity index is 938. The van der Waals surface area contributed by atoms with Gasteiger partial charge in [-0.15, -0.1) is 0 Å². The highest BCUT2D eigenvalue weighted by molar-refractivity contribution is 9.10. The third-order valence-electron chi connectivity index (χ3n) is 5.23. The molecule has 0 radical (unpaired) electrons. The van der Waals surface area contributed by atoms with Crippen molar-refractivity contribution >= 4 is 26.8 Å². The third-order valence-corrected chi connectivity index (χ3v) is 5.73. The van der Waals surface area contributed by atoms with E-state index in [2.05, 4.69) is 62.5 Å². The molecule has 1 fully saturated rings. The van der Waals surface area contributed by atoms with E-state index in [0.29, 0.717) is 6.61 Å². The number of hydrogen-bond acceptors (Lipinski definition) is 4. The molecular weight excluding hydrogens is 414 g/mol. The largest absolute Gasteiger partial charge is 0.494 e. The van der Waals surface area contributed by atoms with Crippen LogP contribution in [0.25, 0.3) is 10.9 Å². The first kappa shape index (κ1) is 19.4. The number of nitrogens with zero attached hydrogens (tertiary/aromatic N) is 2. The normalized spacial score (nSPS) is 16.6. The molecule has 1 unspecified atom stereocenters. The Morgan fingerprint density at radius 3 is 2.93 bits per heavy atom. The molecule has 146 valence electrons. The molecule has 1 N–H and O–H groups in total. The Morgan fingerprint density at radius 2 is 2.04 bits per heavy atom. The fourth-order valence-electron chi connectivity index (χ4n) is 3.97. The van der Waals surface area contributed by atoms with Crippen molar-refractivity contribution < 1.29 is 4.74 Å². The Labute approximate surface area is 175 Å². The van der Waals surface area contributed by atoms with Gasteiger partial charge in [-0.1, -0.05) is 34.1 Å². The van der Waals surface area contributed by atoms with Crippen molar-refractivity contribution in [2.45, 2.75) is 19.4 Å². The first-order chi connectivity index (χ1) is 13.8. The molecule has 1 aliphatic heterocycles. The lowest BCUT2D eigenvalue weighted by atomic mass is 9.96. The minimum absolute atomic E-state index is 0.107. The maximum absolute atomic E-state index is 6.02. The molecular formula is C23H26BrN3O. The van der Waals surface area contributed by atoms with Gasteiger partial charge in [0.1, 0.15) is 5.75 Å². The molecule has 4 nitrogen and oxygen atoms in total. The quantitative estimate of drug-likeness (QED) is 0.620. The zero-order chi connectivity index (χ0) is 19.3. The van der Waals surface area contributed by atoms with Gasteiger partial charge < -0.3 is 10.1 Å². The lowest BCUT2D eigenvalue weighted by Gasteiger charge is -2.32. The zero-order valence-electron chi connectivity index (χ0n) is 16.2. The summed E-state index contributed by atoms with van der Waals surface area (Å²) in [5.74, 6) is 0.945. The van der Waals surface area contributed by atoms with Gasteiger partial charge in [-0.2, -0.15) is 0 Å². The molecule has 2 heterocycles. The van der Waals surface area contributed by atoms with E-state index < -0.39 is 0 Å². The fraction of sp³-hybridized carbons (Fsp3) is 0.348. The summed E-state index contributed by atoms with van der Waals surface area (Å²) in [4.78, 5) is 7.30. The summed E-state index contributed by atoms with van der Waals surface area (Å²) >= 11 is 3.67. The van der Waals surface area contributed by atoms with E-state index in [1.54, 1.807) is 0 Å². The number of rotatable bonds is 5. The van der Waals surface area contributed by atoms with Crippen molar-refractivity contribution in [1.29, 1.82) is 0 Å². The molecule has 5 heteroatoms. The van der Waals surface area contributed by atoms with Gasteiger partial charge in [0.25, 0.3) is 0 Å². The Kier molecular flexibility index (Phi) is 6.25. The highest BCUT2D eigenvalue weighted by atomic mass is 79.9. The Morgan fingerprint density at radius 1 is 1.14 bits per heavy atom. The molecule has 0 spiro atoms. The van der Waals surface area contributed by atoms with Crippen LogP contribution in [0.1, 0.15) is 30.5 Å². The van der Waals surface area contributed by atoms with Gasteiger partial charge in [0.2, 0.25) is 0 Å². The van der Waals surface area contributed by atoms with Crippen LogP contribution in [0, 0.1) is 0 Å². The Balaban J connectivity index is 1.85. The number of hydrogen-bond donors (Lipinski definition) is 1. The number of ether oxygens (including phenoxy) is 1. The van der Waals surface area contributed by atoms with Gasteiger partial charge in [-0.05, 0) is 55.8 Å². The van der Waals surface area contributed by atoms with E-state index >= 15 is 0 Å². The van der Waals surface area contributed by atoms with Crippen LogP contribution in [0.15, 0.2) is 59.2 Å². The molecule has 2 aromatic carbocycles. The average Bonchev–Trinajstić information content (AvgIpc) is 3.00. The second kappa shape index (κ2) is 9.03. The third kappa shape index (κ3) is 4.22. The first-order valence-electron chi connectivity index (χ1n) is 9.98. The first-order valence-corrected chi connectivity index (χ1v) is 10.8. The second-order valence-electron chi connectivity index (χ2n) is 7.12. The Hall–Kier alpha value is -1.95. The van der Waals surface area contributed by atoms with Crippen LogP contribution in [0.5, 0.6) is 5.75 Å². The van der Waals surface area contributed by atoms with Crippen LogP contribution in [0.2, 0.25) is 0 Å². The molecule has 0 aliphatic carbocycles. The second-order valence-corrected chi connectivity index (χ2v) is 8.03. The number of benzene rings is 2. The molecule has 3 aromatic rings. The van der Waals surface area contributed by atoms with E-state index in [4.69, 9.17) is 9.72 Å². The molecule has 0 amide bonds. The predicted molar refractivity (Wildman–Crippen MR) is 118 cm³/mol. The molecule has 1 saturated heterocycles. The summed E-state index contributed by atoms with van der Waals surface area (Å²) in [5, 5.41) is 4.69. The van der Waals surface area contributed by atoms with Crippen molar-refractivity contribution in [3.8, 4) is 5.75 Å². The monoisotopic (exact) mass is 439 g/mol. The number of para-hydroxylation sites is 1. The summed E-state index contributed by atoms with van der Waals surface area (Å²) in [5.41, 5.74) is 3.43. The standard InChI is InChI=1S/C23H26BrN3O/c1-2-28-22-9-8-19(24)15-20(22)23(27-12-5-10-25-11-13-27)18-14-17-6-3-4-7-21(17)26-16-18/h3-4,6-9,14-16,23,25H,2,5,10-13H2,1H3. The number of aromatic nitrogens is 1. The molecule has 1 aromatic heterocycles. The van der Waals surface area contributed by atoms with Crippen molar-refractivity contribution in [1.82, 2.24) is 15.2 Å². The highest BCUT2D eigenvalue weighted by Crippen LogP contribution is 2.37. The molecule has 0 saturated carbocycles. The average molecular weight is 440 g/mol. The minimum Gasteiger partial charge on any atom is -0.494 e. The van der Waals surface area contributed by atoms with Gasteiger partial charge in [-0.3, -0.25) is 9.88 Å². The van der Waals surface area contributed by atoms with E-state index in [-0.39, 0.29) is 6.04 Å². The van der Waals surface area contributed by atoms with Crippen molar-refractivity contribution in [2.75, 3.05) is 32.8 Å². The minimum atomic E-state index is 0.107. The predicted octanol–water partition coefficient (Wildman–Crippen LogP) is 4.78. The SMILES string of the molecule is CCOc1ccc(Br)cc1C(c1cnc2ccccc2c1)N1CCCNCC1. The fourth-order valence-corrected chi connectivity index (χ4v) is 4.35. The highest BCUT2D eigenvalue weighted by Gasteiger charge is 2.27. The van der Waals surface area contributed by atoms with Crippen molar-refractivity contribution in [2.24, 2.45) is 0 Å². The smallest absolute Gasteiger partial charge is 0.124 e. The van der Waals surface area contributed by atoms with E-state index in [0.717, 1.165) is 48.3 Å². The van der Waals surface area contributed by atoms with Crippen molar-refractivity contribution in [3.05, 3.63) is 70.3 Å². The summed E-state index contributed by atoms with van der Waals surface area (Å²) in [7, 11) is 0. The molecule has 0 bridgehead atoms. The van der Waals surface area contributed by atoms with Gasteiger partial charge >= 0.3 is 0 Å². The molecule has 28 heavy (non-hydrogen) atoms. The molecule has 4 rings (SSSR count). The van der Waals surface area contributed by atoms with E-state index in [1.807, 2.05) is 25.3 Å². The summed E-state index contributed by atoms with van der Waals surface area (Å²) in [6.07, 6.45) is 3.16. The topological polar surface area (TPSA) is 37.4 Å². The number of nitrogens with one attached hydrogen (secondary N) is 1. The van der Waals surface area contributed by atoms with Crippen LogP contribution >= 0.6 is 15.9 Å². The van der Waals surface area contributed by atoms with E-state index in [9.17, 15) is 0 Å². The van der Waals surface area contributed by atoms with Crippen LogP contribution in [-0.4, -0.2) is 42.7 Å². The van der Waals surface area contributed by atoms with Crippen LogP contribution in [0.4, 0.5) is 0 Å². The van der Waals surface area contributed by atoms with E-state index in [1.165, 1.54) is 16.5 Å². The van der Waals surface area contributed by atoms with Gasteiger partial charge in [0.15, 0.2) is 0 Å². The number of halogens is 1. The lowest BCUT2D eigenvalue weighted by Crippen LogP contribution is -2.33. The van der Waals surface area contributed by atoms with Gasteiger partial charge in [0.05, 0.1) is 18.2 Å². The lowest BCUT2D eigenvalue weighted by molar-refractivity contribution is 0.233.